The van der Waals surface area contributed by atoms with Crippen LogP contribution in [-0.4, -0.2) is 23.4 Å². The van der Waals surface area contributed by atoms with Crippen LogP contribution in [0.5, 0.6) is 0 Å². The Bertz CT molecular complexity index is 1030. The molecule has 2 nitrogen and oxygen atoms in total. The second-order valence-corrected chi connectivity index (χ2v) is 6.24. The first kappa shape index (κ1) is 15.1. The van der Waals surface area contributed by atoms with E-state index in [4.69, 9.17) is 0 Å². The molecule has 0 saturated carbocycles. The molecule has 0 fully saturated rings. The Morgan fingerprint density at radius 1 is 0.583 bits per heavy atom. The molecule has 0 heterocycles. The fraction of sp³-hybridized carbons (Fsp3) is 0.182. The third kappa shape index (κ3) is 2.44. The first-order valence-corrected chi connectivity index (χ1v) is 8.39. The highest BCUT2D eigenvalue weighted by Gasteiger charge is 2.10. The maximum Gasteiger partial charge on any atom is 0.0471 e. The average molecular weight is 316 g/mol. The van der Waals surface area contributed by atoms with Crippen molar-refractivity contribution in [3.63, 3.8) is 0 Å². The van der Waals surface area contributed by atoms with E-state index in [0.717, 1.165) is 5.56 Å². The molecule has 0 aromatic heterocycles. The molecule has 120 valence electrons. The lowest BCUT2D eigenvalue weighted by Gasteiger charge is -2.13. The monoisotopic (exact) mass is 316 g/mol. The van der Waals surface area contributed by atoms with Gasteiger partial charge in [-0.3, -0.25) is 0 Å². The van der Waals surface area contributed by atoms with Crippen LogP contribution in [0.25, 0.3) is 32.3 Å². The summed E-state index contributed by atoms with van der Waals surface area (Å²) in [4.78, 5) is 0. The average Bonchev–Trinajstić information content (AvgIpc) is 2.62. The number of hydrogen-bond donors (Lipinski definition) is 2. The van der Waals surface area contributed by atoms with Gasteiger partial charge in [0.05, 0.1) is 0 Å². The molecule has 0 aliphatic rings. The largest absolute Gasteiger partial charge is 0.396 e. The number of fused-ring (bicyclic) bond motifs is 5. The fourth-order valence-corrected chi connectivity index (χ4v) is 3.64. The lowest BCUT2D eigenvalue weighted by molar-refractivity contribution is 0.299. The van der Waals surface area contributed by atoms with E-state index in [9.17, 15) is 10.2 Å². The van der Waals surface area contributed by atoms with E-state index < -0.39 is 0 Å². The Labute approximate surface area is 141 Å². The molecule has 24 heavy (non-hydrogen) atoms. The van der Waals surface area contributed by atoms with Crippen LogP contribution in [0.4, 0.5) is 0 Å². The van der Waals surface area contributed by atoms with Gasteiger partial charge < -0.3 is 10.2 Å². The molecule has 0 saturated heterocycles. The Kier molecular flexibility index (Phi) is 3.93. The summed E-state index contributed by atoms with van der Waals surface area (Å²) in [7, 11) is 0. The topological polar surface area (TPSA) is 40.5 Å². The Balaban J connectivity index is 2.14. The van der Waals surface area contributed by atoms with Gasteiger partial charge >= 0.3 is 0 Å². The lowest BCUT2D eigenvalue weighted by atomic mass is 9.91. The van der Waals surface area contributed by atoms with Gasteiger partial charge in [-0.2, -0.15) is 0 Å². The quantitative estimate of drug-likeness (QED) is 0.554. The van der Waals surface area contributed by atoms with Crippen molar-refractivity contribution in [3.8, 4) is 0 Å². The summed E-state index contributed by atoms with van der Waals surface area (Å²) in [6, 6.07) is 21.4. The second kappa shape index (κ2) is 6.23. The van der Waals surface area contributed by atoms with Crippen molar-refractivity contribution in [3.05, 3.63) is 71.8 Å². The van der Waals surface area contributed by atoms with Gasteiger partial charge in [0.1, 0.15) is 0 Å². The zero-order chi connectivity index (χ0) is 16.5. The van der Waals surface area contributed by atoms with Gasteiger partial charge in [-0.05, 0) is 62.4 Å². The van der Waals surface area contributed by atoms with Crippen LogP contribution in [0.15, 0.2) is 60.7 Å². The molecule has 4 aromatic carbocycles. The fourth-order valence-electron chi connectivity index (χ4n) is 3.64. The SMILES string of the molecule is OCCc1ccc2c(CCO)cc3c4ccccc4ccc3c2c1. The van der Waals surface area contributed by atoms with Gasteiger partial charge in [0.15, 0.2) is 0 Å². The molecule has 4 aromatic rings. The predicted molar refractivity (Wildman–Crippen MR) is 101 cm³/mol. The van der Waals surface area contributed by atoms with E-state index in [0.29, 0.717) is 12.8 Å². The minimum atomic E-state index is 0.143. The van der Waals surface area contributed by atoms with Crippen LogP contribution in [0.2, 0.25) is 0 Å². The van der Waals surface area contributed by atoms with E-state index in [-0.39, 0.29) is 13.2 Å². The Hall–Kier alpha value is -2.42. The Morgan fingerprint density at radius 2 is 1.33 bits per heavy atom. The molecule has 2 N–H and O–H groups in total. The van der Waals surface area contributed by atoms with Crippen molar-refractivity contribution < 1.29 is 10.2 Å². The van der Waals surface area contributed by atoms with Crippen LogP contribution >= 0.6 is 0 Å². The maximum atomic E-state index is 9.47. The minimum Gasteiger partial charge on any atom is -0.396 e. The highest BCUT2D eigenvalue weighted by Crippen LogP contribution is 2.34. The number of benzene rings is 4. The number of hydrogen-bond acceptors (Lipinski definition) is 2. The summed E-state index contributed by atoms with van der Waals surface area (Å²) in [6.07, 6.45) is 1.31. The van der Waals surface area contributed by atoms with E-state index in [2.05, 4.69) is 60.7 Å². The molecule has 0 unspecified atom stereocenters. The van der Waals surface area contributed by atoms with Crippen molar-refractivity contribution in [1.82, 2.24) is 0 Å². The molecule has 0 spiro atoms. The van der Waals surface area contributed by atoms with E-state index in [1.165, 1.54) is 37.9 Å². The normalized spacial score (nSPS) is 11.6. The van der Waals surface area contributed by atoms with Crippen LogP contribution in [0.1, 0.15) is 11.1 Å². The molecule has 0 amide bonds. The first-order valence-electron chi connectivity index (χ1n) is 8.39. The summed E-state index contributed by atoms with van der Waals surface area (Å²) < 4.78 is 0. The van der Waals surface area contributed by atoms with Crippen LogP contribution in [0, 0.1) is 0 Å². The number of aliphatic hydroxyl groups excluding tert-OH is 2. The molecular weight excluding hydrogens is 296 g/mol. The summed E-state index contributed by atoms with van der Waals surface area (Å²) in [5, 5.41) is 26.0. The van der Waals surface area contributed by atoms with Crippen LogP contribution in [0.3, 0.4) is 0 Å². The first-order chi connectivity index (χ1) is 11.8. The molecule has 0 atom stereocenters. The molecule has 4 rings (SSSR count). The van der Waals surface area contributed by atoms with Crippen molar-refractivity contribution in [2.75, 3.05) is 13.2 Å². The zero-order valence-electron chi connectivity index (χ0n) is 13.5. The maximum absolute atomic E-state index is 9.47. The zero-order valence-corrected chi connectivity index (χ0v) is 13.5. The van der Waals surface area contributed by atoms with Gasteiger partial charge in [-0.25, -0.2) is 0 Å². The van der Waals surface area contributed by atoms with Crippen molar-refractivity contribution >= 4 is 32.3 Å². The molecule has 2 heteroatoms. The number of aliphatic hydroxyl groups is 2. The molecule has 0 radical (unpaired) electrons. The van der Waals surface area contributed by atoms with Crippen LogP contribution in [-0.2, 0) is 12.8 Å². The van der Waals surface area contributed by atoms with Gasteiger partial charge in [0.2, 0.25) is 0 Å². The van der Waals surface area contributed by atoms with E-state index in [1.807, 2.05) is 0 Å². The van der Waals surface area contributed by atoms with Gasteiger partial charge in [0, 0.05) is 13.2 Å². The molecule has 0 bridgehead atoms. The lowest BCUT2D eigenvalue weighted by Crippen LogP contribution is -1.96. The highest BCUT2D eigenvalue weighted by atomic mass is 16.3. The second-order valence-electron chi connectivity index (χ2n) is 6.24. The minimum absolute atomic E-state index is 0.143. The third-order valence-electron chi connectivity index (χ3n) is 4.79. The smallest absolute Gasteiger partial charge is 0.0471 e. The molecular formula is C22H20O2. The van der Waals surface area contributed by atoms with Crippen molar-refractivity contribution in [2.24, 2.45) is 0 Å². The standard InChI is InChI=1S/C22H20O2/c23-11-9-15-5-7-19-17(10-12-24)14-22-18-4-2-1-3-16(18)6-8-20(22)21(19)13-15/h1-8,13-14,23-24H,9-12H2. The van der Waals surface area contributed by atoms with Gasteiger partial charge in [-0.1, -0.05) is 54.6 Å². The highest BCUT2D eigenvalue weighted by molar-refractivity contribution is 6.18. The van der Waals surface area contributed by atoms with Gasteiger partial charge in [0.25, 0.3) is 0 Å². The summed E-state index contributed by atoms with van der Waals surface area (Å²) in [5.74, 6) is 0. The van der Waals surface area contributed by atoms with E-state index >= 15 is 0 Å². The van der Waals surface area contributed by atoms with E-state index in [1.54, 1.807) is 0 Å². The Morgan fingerprint density at radius 3 is 2.17 bits per heavy atom. The van der Waals surface area contributed by atoms with Crippen molar-refractivity contribution in [1.29, 1.82) is 0 Å². The summed E-state index contributed by atoms with van der Waals surface area (Å²) >= 11 is 0. The summed E-state index contributed by atoms with van der Waals surface area (Å²) in [5.41, 5.74) is 2.31. The molecule has 0 aliphatic carbocycles. The van der Waals surface area contributed by atoms with Crippen molar-refractivity contribution in [2.45, 2.75) is 12.8 Å². The van der Waals surface area contributed by atoms with Gasteiger partial charge in [-0.15, -0.1) is 0 Å². The predicted octanol–water partition coefficient (Wildman–Crippen LogP) is 4.22. The van der Waals surface area contributed by atoms with Crippen LogP contribution < -0.4 is 0 Å². The third-order valence-corrected chi connectivity index (χ3v) is 4.79. The summed E-state index contributed by atoms with van der Waals surface area (Å²) in [6.45, 7) is 0.298. The molecule has 0 aliphatic heterocycles. The number of rotatable bonds is 4.